The summed E-state index contributed by atoms with van der Waals surface area (Å²) in [4.78, 5) is 21.7. The fraction of sp³-hybridized carbons (Fsp3) is 0.391. The molecule has 3 aromatic rings. The van der Waals surface area contributed by atoms with E-state index in [0.717, 1.165) is 39.3 Å². The van der Waals surface area contributed by atoms with Crippen LogP contribution in [0.15, 0.2) is 42.5 Å². The minimum atomic E-state index is -0.320. The van der Waals surface area contributed by atoms with Crippen LogP contribution in [0.25, 0.3) is 10.2 Å². The molecule has 1 saturated heterocycles. The van der Waals surface area contributed by atoms with E-state index in [4.69, 9.17) is 14.2 Å². The van der Waals surface area contributed by atoms with Gasteiger partial charge < -0.3 is 14.2 Å². The number of methoxy groups -OCH3 is 1. The standard InChI is InChI=1S/C23H26FN3O4S.ClH/c1-29-18-4-2-5-19(15-18)31-16-22(28)27(9-3-8-26-10-12-30-13-11-26)23-25-20-7-6-17(24)14-21(20)32-23;/h2,4-7,14-15H,3,8-13,16H2,1H3;1H. The molecule has 178 valence electrons. The predicted molar refractivity (Wildman–Crippen MR) is 130 cm³/mol. The number of halogens is 2. The molecule has 1 amide bonds. The Morgan fingerprint density at radius 1 is 1.21 bits per heavy atom. The van der Waals surface area contributed by atoms with Crippen LogP contribution in [0.4, 0.5) is 9.52 Å². The van der Waals surface area contributed by atoms with Gasteiger partial charge in [0.2, 0.25) is 0 Å². The van der Waals surface area contributed by atoms with E-state index in [2.05, 4.69) is 9.88 Å². The van der Waals surface area contributed by atoms with E-state index in [1.807, 2.05) is 6.07 Å². The van der Waals surface area contributed by atoms with Crippen LogP contribution in [-0.4, -0.2) is 68.9 Å². The molecule has 2 aromatic carbocycles. The smallest absolute Gasteiger partial charge is 0.266 e. The summed E-state index contributed by atoms with van der Waals surface area (Å²) in [5, 5.41) is 0.548. The second-order valence-electron chi connectivity index (χ2n) is 7.43. The van der Waals surface area contributed by atoms with Crippen molar-refractivity contribution in [2.75, 3.05) is 58.0 Å². The monoisotopic (exact) mass is 495 g/mol. The van der Waals surface area contributed by atoms with Crippen molar-refractivity contribution < 1.29 is 23.4 Å². The van der Waals surface area contributed by atoms with E-state index in [-0.39, 0.29) is 30.7 Å². The number of hydrogen-bond acceptors (Lipinski definition) is 7. The van der Waals surface area contributed by atoms with Crippen LogP contribution in [0.5, 0.6) is 11.5 Å². The molecule has 0 N–H and O–H groups in total. The number of thiazole rings is 1. The van der Waals surface area contributed by atoms with Crippen molar-refractivity contribution in [3.63, 3.8) is 0 Å². The van der Waals surface area contributed by atoms with E-state index >= 15 is 0 Å². The fourth-order valence-corrected chi connectivity index (χ4v) is 4.55. The number of rotatable bonds is 9. The van der Waals surface area contributed by atoms with Gasteiger partial charge in [-0.15, -0.1) is 12.4 Å². The molecular weight excluding hydrogens is 469 g/mol. The molecule has 0 radical (unpaired) electrons. The van der Waals surface area contributed by atoms with Gasteiger partial charge in [-0.25, -0.2) is 9.37 Å². The highest BCUT2D eigenvalue weighted by molar-refractivity contribution is 7.22. The third kappa shape index (κ3) is 6.77. The van der Waals surface area contributed by atoms with E-state index < -0.39 is 0 Å². The van der Waals surface area contributed by atoms with Crippen molar-refractivity contribution in [1.82, 2.24) is 9.88 Å². The lowest BCUT2D eigenvalue weighted by molar-refractivity contribution is -0.120. The van der Waals surface area contributed by atoms with Gasteiger partial charge in [-0.2, -0.15) is 0 Å². The Balaban J connectivity index is 0.00000306. The molecule has 1 aliphatic rings. The number of amides is 1. The molecule has 0 bridgehead atoms. The highest BCUT2D eigenvalue weighted by atomic mass is 35.5. The summed E-state index contributed by atoms with van der Waals surface area (Å²) in [5.41, 5.74) is 0.672. The number of nitrogens with zero attached hydrogens (tertiary/aromatic N) is 3. The zero-order valence-corrected chi connectivity index (χ0v) is 20.0. The van der Waals surface area contributed by atoms with Crippen LogP contribution in [-0.2, 0) is 9.53 Å². The summed E-state index contributed by atoms with van der Waals surface area (Å²) in [7, 11) is 1.58. The van der Waals surface area contributed by atoms with Gasteiger partial charge in [0.05, 0.1) is 30.5 Å². The van der Waals surface area contributed by atoms with Gasteiger partial charge in [0.25, 0.3) is 5.91 Å². The second kappa shape index (κ2) is 12.1. The first-order chi connectivity index (χ1) is 15.6. The fourth-order valence-electron chi connectivity index (χ4n) is 3.52. The minimum Gasteiger partial charge on any atom is -0.497 e. The normalized spacial score (nSPS) is 14.0. The van der Waals surface area contributed by atoms with Gasteiger partial charge in [0.1, 0.15) is 17.3 Å². The zero-order valence-electron chi connectivity index (χ0n) is 18.4. The van der Waals surface area contributed by atoms with Crippen LogP contribution in [0.3, 0.4) is 0 Å². The van der Waals surface area contributed by atoms with Crippen molar-refractivity contribution >= 4 is 45.0 Å². The first-order valence-electron chi connectivity index (χ1n) is 10.6. The van der Waals surface area contributed by atoms with Crippen molar-refractivity contribution in [2.45, 2.75) is 6.42 Å². The minimum absolute atomic E-state index is 0. The van der Waals surface area contributed by atoms with Gasteiger partial charge >= 0.3 is 0 Å². The molecule has 33 heavy (non-hydrogen) atoms. The lowest BCUT2D eigenvalue weighted by Gasteiger charge is -2.27. The number of anilines is 1. The Bertz CT molecular complexity index is 1060. The second-order valence-corrected chi connectivity index (χ2v) is 8.44. The van der Waals surface area contributed by atoms with Crippen LogP contribution < -0.4 is 14.4 Å². The Hall–Kier alpha value is -2.46. The summed E-state index contributed by atoms with van der Waals surface area (Å²) >= 11 is 1.31. The molecule has 1 aliphatic heterocycles. The number of ether oxygens (including phenoxy) is 3. The Kier molecular flexibility index (Phi) is 9.25. The summed E-state index contributed by atoms with van der Waals surface area (Å²) in [5.74, 6) is 0.691. The molecule has 1 aromatic heterocycles. The molecule has 0 unspecified atom stereocenters. The number of carbonyl (C=O) groups is 1. The van der Waals surface area contributed by atoms with E-state index in [1.165, 1.54) is 23.5 Å². The van der Waals surface area contributed by atoms with E-state index in [9.17, 15) is 9.18 Å². The SMILES string of the molecule is COc1cccc(OCC(=O)N(CCCN2CCOCC2)c2nc3ccc(F)cc3s2)c1.Cl. The maximum atomic E-state index is 13.6. The lowest BCUT2D eigenvalue weighted by atomic mass is 10.3. The summed E-state index contributed by atoms with van der Waals surface area (Å²) in [6.07, 6.45) is 0.787. The summed E-state index contributed by atoms with van der Waals surface area (Å²) in [6, 6.07) is 11.6. The third-order valence-corrected chi connectivity index (χ3v) is 6.28. The highest BCUT2D eigenvalue weighted by Gasteiger charge is 2.21. The number of fused-ring (bicyclic) bond motifs is 1. The van der Waals surface area contributed by atoms with Crippen LogP contribution in [0, 0.1) is 5.82 Å². The molecule has 0 aliphatic carbocycles. The summed E-state index contributed by atoms with van der Waals surface area (Å²) in [6.45, 7) is 4.50. The van der Waals surface area contributed by atoms with Crippen molar-refractivity contribution in [2.24, 2.45) is 0 Å². The predicted octanol–water partition coefficient (Wildman–Crippen LogP) is 4.00. The zero-order chi connectivity index (χ0) is 22.3. The highest BCUT2D eigenvalue weighted by Crippen LogP contribution is 2.30. The first-order valence-corrected chi connectivity index (χ1v) is 11.4. The number of benzene rings is 2. The van der Waals surface area contributed by atoms with Crippen LogP contribution >= 0.6 is 23.7 Å². The Morgan fingerprint density at radius 2 is 2.00 bits per heavy atom. The molecule has 0 spiro atoms. The Morgan fingerprint density at radius 3 is 2.79 bits per heavy atom. The number of hydrogen-bond donors (Lipinski definition) is 0. The molecule has 4 rings (SSSR count). The topological polar surface area (TPSA) is 64.1 Å². The largest absolute Gasteiger partial charge is 0.497 e. The van der Waals surface area contributed by atoms with Crippen LogP contribution in [0.1, 0.15) is 6.42 Å². The number of carbonyl (C=O) groups excluding carboxylic acids is 1. The van der Waals surface area contributed by atoms with E-state index in [0.29, 0.717) is 33.4 Å². The quantitative estimate of drug-likeness (QED) is 0.447. The van der Waals surface area contributed by atoms with Gasteiger partial charge in [-0.3, -0.25) is 14.6 Å². The average molecular weight is 496 g/mol. The van der Waals surface area contributed by atoms with Crippen LogP contribution in [0.2, 0.25) is 0 Å². The summed E-state index contributed by atoms with van der Waals surface area (Å²) < 4.78 is 30.7. The number of aromatic nitrogens is 1. The lowest BCUT2D eigenvalue weighted by Crippen LogP contribution is -2.40. The van der Waals surface area contributed by atoms with Gasteiger partial charge in [0, 0.05) is 32.2 Å². The molecular formula is C23H27ClFN3O4S. The molecule has 0 saturated carbocycles. The van der Waals surface area contributed by atoms with Crippen molar-refractivity contribution in [1.29, 1.82) is 0 Å². The number of morpholine rings is 1. The van der Waals surface area contributed by atoms with Gasteiger partial charge in [0.15, 0.2) is 11.7 Å². The average Bonchev–Trinajstić information content (AvgIpc) is 3.24. The van der Waals surface area contributed by atoms with Crippen molar-refractivity contribution in [3.8, 4) is 11.5 Å². The maximum absolute atomic E-state index is 13.6. The Labute approximate surface area is 202 Å². The molecule has 1 fully saturated rings. The molecule has 0 atom stereocenters. The third-order valence-electron chi connectivity index (χ3n) is 5.23. The maximum Gasteiger partial charge on any atom is 0.266 e. The molecule has 10 heteroatoms. The van der Waals surface area contributed by atoms with Gasteiger partial charge in [-0.05, 0) is 36.8 Å². The first kappa shape index (κ1) is 25.2. The molecule has 7 nitrogen and oxygen atoms in total. The van der Waals surface area contributed by atoms with Crippen molar-refractivity contribution in [3.05, 3.63) is 48.3 Å². The molecule has 2 heterocycles. The van der Waals surface area contributed by atoms with Gasteiger partial charge in [-0.1, -0.05) is 17.4 Å². The van der Waals surface area contributed by atoms with E-state index in [1.54, 1.807) is 36.3 Å².